The number of carbonyl (C=O) groups excluding carboxylic acids is 2. The molecule has 2 aromatic carbocycles. The van der Waals surface area contributed by atoms with Crippen LogP contribution in [0.3, 0.4) is 0 Å². The van der Waals surface area contributed by atoms with E-state index in [1.807, 2.05) is 37.3 Å². The Morgan fingerprint density at radius 2 is 1.81 bits per heavy atom. The van der Waals surface area contributed by atoms with Crippen molar-refractivity contribution in [1.29, 1.82) is 0 Å². The van der Waals surface area contributed by atoms with Crippen molar-refractivity contribution >= 4 is 17.5 Å². The zero-order valence-corrected chi connectivity index (χ0v) is 11.9. The van der Waals surface area contributed by atoms with Crippen LogP contribution in [-0.2, 0) is 4.79 Å². The lowest BCUT2D eigenvalue weighted by atomic mass is 9.97. The van der Waals surface area contributed by atoms with Gasteiger partial charge in [-0.25, -0.2) is 0 Å². The molecule has 108 valence electrons. The van der Waals surface area contributed by atoms with E-state index in [1.165, 1.54) is 0 Å². The summed E-state index contributed by atoms with van der Waals surface area (Å²) in [6, 6.07) is 16.5. The molecule has 0 aliphatic carbocycles. The molecule has 0 saturated carbocycles. The topological polar surface area (TPSA) is 72.2 Å². The van der Waals surface area contributed by atoms with E-state index in [9.17, 15) is 9.59 Å². The smallest absolute Gasteiger partial charge is 0.248 e. The van der Waals surface area contributed by atoms with Crippen LogP contribution >= 0.6 is 0 Å². The summed E-state index contributed by atoms with van der Waals surface area (Å²) < 4.78 is 0. The molecule has 0 heterocycles. The van der Waals surface area contributed by atoms with Crippen molar-refractivity contribution < 1.29 is 9.59 Å². The number of carbonyl (C=O) groups is 2. The number of rotatable bonds is 5. The molecule has 0 aliphatic heterocycles. The maximum Gasteiger partial charge on any atom is 0.248 e. The third kappa shape index (κ3) is 4.18. The summed E-state index contributed by atoms with van der Waals surface area (Å²) in [5.74, 6) is -0.470. The van der Waals surface area contributed by atoms with Gasteiger partial charge in [0, 0.05) is 17.7 Å². The van der Waals surface area contributed by atoms with E-state index in [0.717, 1.165) is 5.56 Å². The van der Waals surface area contributed by atoms with Crippen LogP contribution in [0.25, 0.3) is 0 Å². The van der Waals surface area contributed by atoms with E-state index in [0.29, 0.717) is 17.7 Å². The van der Waals surface area contributed by atoms with Crippen molar-refractivity contribution in [2.45, 2.75) is 19.3 Å². The quantitative estimate of drug-likeness (QED) is 0.885. The van der Waals surface area contributed by atoms with Crippen molar-refractivity contribution in [3.63, 3.8) is 0 Å². The van der Waals surface area contributed by atoms with Gasteiger partial charge < -0.3 is 11.1 Å². The molecule has 3 N–H and O–H groups in total. The normalized spacial score (nSPS) is 11.7. The first-order valence-corrected chi connectivity index (χ1v) is 6.81. The van der Waals surface area contributed by atoms with Gasteiger partial charge in [0.2, 0.25) is 11.8 Å². The van der Waals surface area contributed by atoms with E-state index in [1.54, 1.807) is 24.3 Å². The average Bonchev–Trinajstić information content (AvgIpc) is 2.48. The Morgan fingerprint density at radius 1 is 1.10 bits per heavy atom. The number of nitrogens with two attached hydrogens (primary N) is 1. The average molecular weight is 282 g/mol. The number of benzene rings is 2. The van der Waals surface area contributed by atoms with E-state index in [4.69, 9.17) is 5.73 Å². The fourth-order valence-electron chi connectivity index (χ4n) is 2.14. The highest BCUT2D eigenvalue weighted by atomic mass is 16.2. The van der Waals surface area contributed by atoms with Gasteiger partial charge in [-0.1, -0.05) is 43.3 Å². The number of hydrogen-bond acceptors (Lipinski definition) is 2. The van der Waals surface area contributed by atoms with Gasteiger partial charge in [0.1, 0.15) is 0 Å². The molecular weight excluding hydrogens is 264 g/mol. The molecule has 0 saturated heterocycles. The summed E-state index contributed by atoms with van der Waals surface area (Å²) in [7, 11) is 0. The van der Waals surface area contributed by atoms with Crippen molar-refractivity contribution in [3.8, 4) is 0 Å². The molecule has 0 aromatic heterocycles. The molecule has 0 spiro atoms. The second kappa shape index (κ2) is 6.70. The molecule has 1 atom stereocenters. The summed E-state index contributed by atoms with van der Waals surface area (Å²) >= 11 is 0. The maximum absolute atomic E-state index is 12.1. The SMILES string of the molecule is CC(CC(=O)Nc1cccc(C(N)=O)c1)c1ccccc1. The molecule has 0 aliphatic rings. The van der Waals surface area contributed by atoms with Gasteiger partial charge in [0.05, 0.1) is 0 Å². The van der Waals surface area contributed by atoms with Gasteiger partial charge in [0.15, 0.2) is 0 Å². The molecule has 2 amide bonds. The minimum absolute atomic E-state index is 0.0898. The van der Waals surface area contributed by atoms with Gasteiger partial charge in [-0.3, -0.25) is 9.59 Å². The summed E-state index contributed by atoms with van der Waals surface area (Å²) in [6.07, 6.45) is 0.380. The van der Waals surface area contributed by atoms with Crippen LogP contribution in [0, 0.1) is 0 Å². The zero-order chi connectivity index (χ0) is 15.2. The van der Waals surface area contributed by atoms with Gasteiger partial charge in [-0.2, -0.15) is 0 Å². The predicted octanol–water partition coefficient (Wildman–Crippen LogP) is 2.92. The van der Waals surface area contributed by atoms with Crippen molar-refractivity contribution in [2.24, 2.45) is 5.73 Å². The Labute approximate surface area is 124 Å². The molecule has 2 rings (SSSR count). The predicted molar refractivity (Wildman–Crippen MR) is 83.1 cm³/mol. The first-order chi connectivity index (χ1) is 10.1. The molecule has 0 bridgehead atoms. The van der Waals surface area contributed by atoms with Crippen molar-refractivity contribution in [2.75, 3.05) is 5.32 Å². The second-order valence-electron chi connectivity index (χ2n) is 5.01. The first-order valence-electron chi connectivity index (χ1n) is 6.81. The summed E-state index contributed by atoms with van der Waals surface area (Å²) in [5, 5.41) is 2.79. The van der Waals surface area contributed by atoms with E-state index in [2.05, 4.69) is 5.32 Å². The summed E-state index contributed by atoms with van der Waals surface area (Å²) in [5.41, 5.74) is 7.30. The zero-order valence-electron chi connectivity index (χ0n) is 11.9. The Hall–Kier alpha value is -2.62. The maximum atomic E-state index is 12.1. The van der Waals surface area contributed by atoms with E-state index >= 15 is 0 Å². The fraction of sp³-hybridized carbons (Fsp3) is 0.176. The summed E-state index contributed by atoms with van der Waals surface area (Å²) in [6.45, 7) is 2.01. The van der Waals surface area contributed by atoms with Crippen LogP contribution in [0.15, 0.2) is 54.6 Å². The van der Waals surface area contributed by atoms with Gasteiger partial charge in [-0.05, 0) is 29.7 Å². The fourth-order valence-corrected chi connectivity index (χ4v) is 2.14. The molecule has 1 unspecified atom stereocenters. The molecule has 4 nitrogen and oxygen atoms in total. The Kier molecular flexibility index (Phi) is 4.72. The number of anilines is 1. The monoisotopic (exact) mass is 282 g/mol. The van der Waals surface area contributed by atoms with Gasteiger partial charge in [-0.15, -0.1) is 0 Å². The van der Waals surface area contributed by atoms with Crippen LogP contribution in [0.5, 0.6) is 0 Å². The van der Waals surface area contributed by atoms with Crippen molar-refractivity contribution in [1.82, 2.24) is 0 Å². The van der Waals surface area contributed by atoms with Crippen LogP contribution < -0.4 is 11.1 Å². The minimum atomic E-state index is -0.510. The Bertz CT molecular complexity index is 638. The Balaban J connectivity index is 1.99. The highest BCUT2D eigenvalue weighted by molar-refractivity contribution is 5.96. The highest BCUT2D eigenvalue weighted by Crippen LogP contribution is 2.19. The lowest BCUT2D eigenvalue weighted by molar-refractivity contribution is -0.116. The minimum Gasteiger partial charge on any atom is -0.366 e. The number of hydrogen-bond donors (Lipinski definition) is 2. The Morgan fingerprint density at radius 3 is 2.48 bits per heavy atom. The molecule has 0 radical (unpaired) electrons. The van der Waals surface area contributed by atoms with Crippen molar-refractivity contribution in [3.05, 3.63) is 65.7 Å². The number of primary amides is 1. The third-order valence-corrected chi connectivity index (χ3v) is 3.29. The van der Waals surface area contributed by atoms with Crippen LogP contribution in [0.4, 0.5) is 5.69 Å². The van der Waals surface area contributed by atoms with Gasteiger partial charge >= 0.3 is 0 Å². The molecular formula is C17H18N2O2. The number of nitrogens with one attached hydrogen (secondary N) is 1. The molecule has 0 fully saturated rings. The number of amides is 2. The largest absolute Gasteiger partial charge is 0.366 e. The standard InChI is InChI=1S/C17H18N2O2/c1-12(13-6-3-2-4-7-13)10-16(20)19-15-9-5-8-14(11-15)17(18)21/h2-9,11-12H,10H2,1H3,(H2,18,21)(H,19,20). The van der Waals surface area contributed by atoms with E-state index in [-0.39, 0.29) is 11.8 Å². The highest BCUT2D eigenvalue weighted by Gasteiger charge is 2.11. The van der Waals surface area contributed by atoms with E-state index < -0.39 is 5.91 Å². The lowest BCUT2D eigenvalue weighted by Crippen LogP contribution is -2.16. The first kappa shape index (κ1) is 14.8. The van der Waals surface area contributed by atoms with Crippen LogP contribution in [0.2, 0.25) is 0 Å². The van der Waals surface area contributed by atoms with Gasteiger partial charge in [0.25, 0.3) is 0 Å². The molecule has 2 aromatic rings. The third-order valence-electron chi connectivity index (χ3n) is 3.29. The molecule has 21 heavy (non-hydrogen) atoms. The van der Waals surface area contributed by atoms with Crippen LogP contribution in [0.1, 0.15) is 35.2 Å². The second-order valence-corrected chi connectivity index (χ2v) is 5.01. The van der Waals surface area contributed by atoms with Crippen LogP contribution in [-0.4, -0.2) is 11.8 Å². The lowest BCUT2D eigenvalue weighted by Gasteiger charge is -2.12. The summed E-state index contributed by atoms with van der Waals surface area (Å²) in [4.78, 5) is 23.2. The molecule has 4 heteroatoms.